The molecular formula is C27H41N5O6. The minimum atomic E-state index is -1.13. The molecule has 0 aliphatic carbocycles. The molecule has 0 radical (unpaired) electrons. The van der Waals surface area contributed by atoms with E-state index in [1.54, 1.807) is 24.3 Å². The molecule has 210 valence electrons. The van der Waals surface area contributed by atoms with Crippen LogP contribution in [0.25, 0.3) is 0 Å². The lowest BCUT2D eigenvalue weighted by molar-refractivity contribution is -0.132. The van der Waals surface area contributed by atoms with Crippen molar-refractivity contribution in [3.05, 3.63) is 29.8 Å². The standard InChI is InChI=1S/C27H41N5O6/c1-19(33)24-27(37)28-13-8-18-38-22-10-5-4-9-20(22)25(35)30-21(11-12-23(34)31-24)26(36)29-14-17-32-15-6-2-3-7-16-32/h4-5,9-10,19,21,24,33H,2-3,6-8,11-18H2,1H3,(H,28,37)(H,29,36)(H,30,35)(H,31,34)/t19-,21+,24?/m1/s1. The van der Waals surface area contributed by atoms with Gasteiger partial charge in [0.15, 0.2) is 0 Å². The largest absolute Gasteiger partial charge is 0.493 e. The number of carbonyl (C=O) groups is 4. The number of nitrogens with one attached hydrogen (secondary N) is 4. The van der Waals surface area contributed by atoms with E-state index in [0.29, 0.717) is 18.7 Å². The minimum Gasteiger partial charge on any atom is -0.493 e. The van der Waals surface area contributed by atoms with Crippen molar-refractivity contribution in [1.29, 1.82) is 0 Å². The van der Waals surface area contributed by atoms with E-state index < -0.39 is 35.9 Å². The summed E-state index contributed by atoms with van der Waals surface area (Å²) in [6.07, 6.45) is 3.97. The summed E-state index contributed by atoms with van der Waals surface area (Å²) in [5.41, 5.74) is 0.282. The van der Waals surface area contributed by atoms with E-state index in [9.17, 15) is 24.3 Å². The van der Waals surface area contributed by atoms with E-state index in [-0.39, 0.29) is 37.5 Å². The van der Waals surface area contributed by atoms with Gasteiger partial charge in [0, 0.05) is 26.1 Å². The summed E-state index contributed by atoms with van der Waals surface area (Å²) >= 11 is 0. The van der Waals surface area contributed by atoms with E-state index in [1.807, 2.05) is 0 Å². The predicted molar refractivity (Wildman–Crippen MR) is 142 cm³/mol. The van der Waals surface area contributed by atoms with E-state index in [1.165, 1.54) is 19.8 Å². The third kappa shape index (κ3) is 9.29. The van der Waals surface area contributed by atoms with Crippen molar-refractivity contribution in [3.8, 4) is 5.75 Å². The van der Waals surface area contributed by atoms with Crippen molar-refractivity contribution in [2.24, 2.45) is 0 Å². The number of para-hydroxylation sites is 1. The molecule has 0 saturated carbocycles. The highest BCUT2D eigenvalue weighted by atomic mass is 16.5. The van der Waals surface area contributed by atoms with Gasteiger partial charge in [-0.1, -0.05) is 25.0 Å². The number of aliphatic hydroxyl groups is 1. The van der Waals surface area contributed by atoms with Crippen LogP contribution in [0, 0.1) is 0 Å². The fraction of sp³-hybridized carbons (Fsp3) is 0.630. The number of fused-ring (bicyclic) bond motifs is 1. The lowest BCUT2D eigenvalue weighted by Crippen LogP contribution is -2.53. The Morgan fingerprint density at radius 2 is 1.84 bits per heavy atom. The topological polar surface area (TPSA) is 149 Å². The van der Waals surface area contributed by atoms with Crippen molar-refractivity contribution in [2.75, 3.05) is 39.3 Å². The quantitative estimate of drug-likeness (QED) is 0.367. The van der Waals surface area contributed by atoms with Crippen LogP contribution in [0.2, 0.25) is 0 Å². The van der Waals surface area contributed by atoms with Crippen molar-refractivity contribution >= 4 is 23.6 Å². The Morgan fingerprint density at radius 3 is 2.58 bits per heavy atom. The van der Waals surface area contributed by atoms with Gasteiger partial charge in [-0.05, 0) is 57.8 Å². The molecule has 5 N–H and O–H groups in total. The summed E-state index contributed by atoms with van der Waals surface area (Å²) in [7, 11) is 0. The van der Waals surface area contributed by atoms with Gasteiger partial charge in [-0.15, -0.1) is 0 Å². The normalized spacial score (nSPS) is 23.5. The average Bonchev–Trinajstić information content (AvgIpc) is 3.17. The van der Waals surface area contributed by atoms with Gasteiger partial charge in [-0.2, -0.15) is 0 Å². The van der Waals surface area contributed by atoms with E-state index in [2.05, 4.69) is 26.2 Å². The van der Waals surface area contributed by atoms with Crippen molar-refractivity contribution < 1.29 is 29.0 Å². The fourth-order valence-corrected chi connectivity index (χ4v) is 4.61. The zero-order chi connectivity index (χ0) is 27.3. The van der Waals surface area contributed by atoms with Crippen molar-refractivity contribution in [2.45, 2.75) is 70.1 Å². The molecule has 3 rings (SSSR count). The number of likely N-dealkylation sites (tertiary alicyclic amines) is 1. The highest BCUT2D eigenvalue weighted by Crippen LogP contribution is 2.19. The first-order valence-corrected chi connectivity index (χ1v) is 13.6. The van der Waals surface area contributed by atoms with Crippen LogP contribution in [-0.2, 0) is 14.4 Å². The molecule has 1 aromatic carbocycles. The second-order valence-electron chi connectivity index (χ2n) is 9.89. The second kappa shape index (κ2) is 15.3. The van der Waals surface area contributed by atoms with Crippen LogP contribution < -0.4 is 26.0 Å². The van der Waals surface area contributed by atoms with Crippen LogP contribution in [0.15, 0.2) is 24.3 Å². The Hall–Kier alpha value is -3.18. The number of nitrogens with zero attached hydrogens (tertiary/aromatic N) is 1. The molecule has 0 aromatic heterocycles. The Kier molecular flexibility index (Phi) is 11.8. The van der Waals surface area contributed by atoms with Gasteiger partial charge in [-0.25, -0.2) is 0 Å². The molecule has 1 aromatic rings. The molecule has 0 spiro atoms. The van der Waals surface area contributed by atoms with Crippen LogP contribution in [0.4, 0.5) is 0 Å². The molecule has 1 unspecified atom stereocenters. The Balaban J connectivity index is 1.72. The van der Waals surface area contributed by atoms with E-state index in [4.69, 9.17) is 4.74 Å². The van der Waals surface area contributed by atoms with E-state index >= 15 is 0 Å². The molecule has 2 aliphatic heterocycles. The number of aliphatic hydroxyl groups excluding tert-OH is 1. The number of hydrogen-bond donors (Lipinski definition) is 5. The number of carbonyl (C=O) groups excluding carboxylic acids is 4. The van der Waals surface area contributed by atoms with Crippen LogP contribution in [-0.4, -0.2) is 91.2 Å². The second-order valence-corrected chi connectivity index (χ2v) is 9.89. The maximum Gasteiger partial charge on any atom is 0.255 e. The Labute approximate surface area is 224 Å². The molecule has 0 bridgehead atoms. The lowest BCUT2D eigenvalue weighted by atomic mass is 10.1. The summed E-state index contributed by atoms with van der Waals surface area (Å²) in [6, 6.07) is 4.63. The summed E-state index contributed by atoms with van der Waals surface area (Å²) in [6.45, 7) is 5.08. The number of ether oxygens (including phenoxy) is 1. The van der Waals surface area contributed by atoms with Crippen LogP contribution in [0.3, 0.4) is 0 Å². The summed E-state index contributed by atoms with van der Waals surface area (Å²) in [4.78, 5) is 53.8. The Morgan fingerprint density at radius 1 is 1.11 bits per heavy atom. The first kappa shape index (κ1) is 29.4. The summed E-state index contributed by atoms with van der Waals surface area (Å²) in [5, 5.41) is 20.9. The fourth-order valence-electron chi connectivity index (χ4n) is 4.61. The molecule has 2 heterocycles. The maximum atomic E-state index is 13.2. The number of amides is 4. The van der Waals surface area contributed by atoms with Gasteiger partial charge in [0.1, 0.15) is 17.8 Å². The maximum absolute atomic E-state index is 13.2. The summed E-state index contributed by atoms with van der Waals surface area (Å²) < 4.78 is 5.79. The monoisotopic (exact) mass is 531 g/mol. The Bertz CT molecular complexity index is 948. The molecule has 4 amide bonds. The van der Waals surface area contributed by atoms with Gasteiger partial charge < -0.3 is 36.0 Å². The van der Waals surface area contributed by atoms with Crippen LogP contribution in [0.1, 0.15) is 62.2 Å². The van der Waals surface area contributed by atoms with Gasteiger partial charge in [0.05, 0.1) is 18.3 Å². The van der Waals surface area contributed by atoms with Gasteiger partial charge in [0.2, 0.25) is 17.7 Å². The molecule has 1 saturated heterocycles. The zero-order valence-electron chi connectivity index (χ0n) is 22.2. The zero-order valence-corrected chi connectivity index (χ0v) is 22.2. The first-order valence-electron chi connectivity index (χ1n) is 13.6. The minimum absolute atomic E-state index is 0.0181. The number of hydrogen-bond acceptors (Lipinski definition) is 7. The van der Waals surface area contributed by atoms with Gasteiger partial charge in [0.25, 0.3) is 5.91 Å². The third-order valence-corrected chi connectivity index (χ3v) is 6.80. The molecule has 38 heavy (non-hydrogen) atoms. The number of rotatable bonds is 5. The highest BCUT2D eigenvalue weighted by molar-refractivity contribution is 5.99. The highest BCUT2D eigenvalue weighted by Gasteiger charge is 2.28. The van der Waals surface area contributed by atoms with Crippen molar-refractivity contribution in [3.63, 3.8) is 0 Å². The van der Waals surface area contributed by atoms with Gasteiger partial charge >= 0.3 is 0 Å². The van der Waals surface area contributed by atoms with Crippen LogP contribution in [0.5, 0.6) is 5.75 Å². The third-order valence-electron chi connectivity index (χ3n) is 6.80. The molecule has 1 fully saturated rings. The van der Waals surface area contributed by atoms with E-state index in [0.717, 1.165) is 32.5 Å². The molecule has 11 nitrogen and oxygen atoms in total. The molecule has 2 aliphatic rings. The lowest BCUT2D eigenvalue weighted by Gasteiger charge is -2.24. The predicted octanol–water partition coefficient (Wildman–Crippen LogP) is 0.322. The molecule has 11 heteroatoms. The number of benzene rings is 1. The molecular weight excluding hydrogens is 490 g/mol. The van der Waals surface area contributed by atoms with Crippen LogP contribution >= 0.6 is 0 Å². The average molecular weight is 532 g/mol. The summed E-state index contributed by atoms with van der Waals surface area (Å²) in [5.74, 6) is -1.50. The van der Waals surface area contributed by atoms with Crippen molar-refractivity contribution in [1.82, 2.24) is 26.2 Å². The smallest absolute Gasteiger partial charge is 0.255 e. The SMILES string of the molecule is C[C@@H](O)C1NC(=O)CC[C@@H](C(=O)NCCN2CCCCCC2)NC(=O)c2ccccc2OCCCNC1=O. The molecule has 3 atom stereocenters. The van der Waals surface area contributed by atoms with Gasteiger partial charge in [-0.3, -0.25) is 19.2 Å². The first-order chi connectivity index (χ1) is 18.3.